The van der Waals surface area contributed by atoms with Crippen LogP contribution in [-0.4, -0.2) is 59.8 Å². The molecule has 2 unspecified atom stereocenters. The van der Waals surface area contributed by atoms with Crippen molar-refractivity contribution in [3.05, 3.63) is 48.5 Å². The van der Waals surface area contributed by atoms with Crippen LogP contribution < -0.4 is 20.1 Å². The van der Waals surface area contributed by atoms with Crippen LogP contribution in [0, 0.1) is 5.41 Å². The molecular weight excluding hydrogens is 621 g/mol. The van der Waals surface area contributed by atoms with Gasteiger partial charge in [0.05, 0.1) is 0 Å². The first-order valence-electron chi connectivity index (χ1n) is 14.6. The average molecular weight is 666 g/mol. The van der Waals surface area contributed by atoms with Gasteiger partial charge in [-0.05, 0) is 86.7 Å². The molecule has 0 saturated carbocycles. The van der Waals surface area contributed by atoms with Gasteiger partial charge < -0.3 is 29.7 Å². The van der Waals surface area contributed by atoms with Crippen LogP contribution in [0.15, 0.2) is 58.3 Å². The minimum absolute atomic E-state index is 0.297. The molecule has 3 amide bonds. The van der Waals surface area contributed by atoms with Gasteiger partial charge in [0, 0.05) is 21.8 Å². The second-order valence-corrected chi connectivity index (χ2v) is 15.4. The lowest BCUT2D eigenvalue weighted by Crippen LogP contribution is -2.58. The van der Waals surface area contributed by atoms with Gasteiger partial charge in [0.2, 0.25) is 5.91 Å². The lowest BCUT2D eigenvalue weighted by Gasteiger charge is -2.40. The molecule has 1 aliphatic rings. The van der Waals surface area contributed by atoms with Crippen LogP contribution >= 0.6 is 31.1 Å². The van der Waals surface area contributed by atoms with Gasteiger partial charge in [0.1, 0.15) is 17.5 Å². The van der Waals surface area contributed by atoms with Gasteiger partial charge in [-0.3, -0.25) is 9.59 Å². The second-order valence-electron chi connectivity index (χ2n) is 11.6. The minimum Gasteiger partial charge on any atom is -0.436 e. The highest BCUT2D eigenvalue weighted by Crippen LogP contribution is 2.53. The van der Waals surface area contributed by atoms with Crippen LogP contribution in [0.5, 0.6) is 11.5 Å². The molecule has 3 atom stereocenters. The molecule has 0 spiro atoms. The molecule has 1 aliphatic heterocycles. The van der Waals surface area contributed by atoms with Crippen LogP contribution in [0.3, 0.4) is 0 Å². The van der Waals surface area contributed by atoms with Crippen molar-refractivity contribution in [1.29, 1.82) is 0 Å². The van der Waals surface area contributed by atoms with E-state index in [-0.39, 0.29) is 0 Å². The van der Waals surface area contributed by atoms with Gasteiger partial charge in [-0.25, -0.2) is 9.36 Å². The van der Waals surface area contributed by atoms with E-state index in [1.807, 2.05) is 43.7 Å². The molecular formula is C31H44N3O7PS2. The Morgan fingerprint density at radius 2 is 1.50 bits per heavy atom. The number of benzene rings is 2. The molecule has 1 fully saturated rings. The average Bonchev–Trinajstić information content (AvgIpc) is 2.99. The number of carbonyl (C=O) groups is 3. The third-order valence-corrected chi connectivity index (χ3v) is 10.7. The summed E-state index contributed by atoms with van der Waals surface area (Å²) in [7, 11) is -4.08. The van der Waals surface area contributed by atoms with Crippen molar-refractivity contribution in [2.75, 3.05) is 19.1 Å². The first-order chi connectivity index (χ1) is 20.8. The third kappa shape index (κ3) is 9.59. The zero-order valence-corrected chi connectivity index (χ0v) is 28.8. The van der Waals surface area contributed by atoms with Crippen molar-refractivity contribution in [3.8, 4) is 11.5 Å². The predicted octanol–water partition coefficient (Wildman–Crippen LogP) is 6.91. The van der Waals surface area contributed by atoms with E-state index in [4.69, 9.17) is 19.5 Å². The molecule has 0 bridgehead atoms. The molecule has 0 aromatic heterocycles. The Labute approximate surface area is 269 Å². The zero-order chi connectivity index (χ0) is 32.5. The fraction of sp³-hybridized carbons (Fsp3) is 0.516. The number of likely N-dealkylation sites (tertiary alicyclic amines) is 1. The molecule has 3 rings (SSSR count). The summed E-state index contributed by atoms with van der Waals surface area (Å²) in [5.74, 6) is -1.31. The highest BCUT2D eigenvalue weighted by atomic mass is 32.2. The Morgan fingerprint density at radius 1 is 0.977 bits per heavy atom. The Balaban J connectivity index is 1.94. The number of piperidine rings is 1. The molecule has 0 aliphatic carbocycles. The monoisotopic (exact) mass is 665 g/mol. The maximum Gasteiger partial charge on any atom is 0.452 e. The van der Waals surface area contributed by atoms with E-state index >= 15 is 0 Å². The van der Waals surface area contributed by atoms with Crippen molar-refractivity contribution < 1.29 is 32.7 Å². The smallest absolute Gasteiger partial charge is 0.436 e. The maximum atomic E-state index is 14.7. The van der Waals surface area contributed by atoms with Crippen LogP contribution in [0.2, 0.25) is 0 Å². The Kier molecular flexibility index (Phi) is 12.9. The number of primary amides is 1. The van der Waals surface area contributed by atoms with Crippen molar-refractivity contribution in [1.82, 2.24) is 10.2 Å². The SMILES string of the molecule is CCC[C@H](NC(=O)C1CCCCN1C(=O)C(OC(N)=O)C(C)(C)C)P(=O)(Oc1ccc(SC)cc1)Oc1ccc(SC)cc1. The lowest BCUT2D eigenvalue weighted by atomic mass is 9.87. The number of nitrogens with one attached hydrogen (secondary N) is 1. The molecule has 1 heterocycles. The highest BCUT2D eigenvalue weighted by Gasteiger charge is 2.45. The molecule has 2 aromatic rings. The number of hydrogen-bond donors (Lipinski definition) is 2. The van der Waals surface area contributed by atoms with Crippen molar-refractivity contribution in [2.45, 2.75) is 87.5 Å². The summed E-state index contributed by atoms with van der Waals surface area (Å²) in [5, 5.41) is 2.93. The van der Waals surface area contributed by atoms with E-state index in [9.17, 15) is 18.9 Å². The number of nitrogens with zero attached hydrogens (tertiary/aromatic N) is 1. The summed E-state index contributed by atoms with van der Waals surface area (Å²) in [4.78, 5) is 42.7. The maximum absolute atomic E-state index is 14.7. The van der Waals surface area contributed by atoms with Gasteiger partial charge in [-0.15, -0.1) is 23.5 Å². The quantitative estimate of drug-likeness (QED) is 0.173. The van der Waals surface area contributed by atoms with E-state index in [1.165, 1.54) is 4.90 Å². The summed E-state index contributed by atoms with van der Waals surface area (Å²) in [6, 6.07) is 13.4. The standard InChI is InChI=1S/C31H44N3O7PS2/c1-7-10-26(33-28(35)25-11-8-9-20-34(25)29(36)27(31(2,3)4)39-30(32)37)42(38,40-21-12-16-23(43-5)17-13-21)41-22-14-18-24(44-6)19-15-22/h12-19,25-27H,7-11,20H2,1-6H3,(H2,32,37)(H,33,35)/t25?,26-,27?/m1/s1. The van der Waals surface area contributed by atoms with Crippen molar-refractivity contribution in [2.24, 2.45) is 11.1 Å². The van der Waals surface area contributed by atoms with Crippen LogP contribution in [0.1, 0.15) is 59.8 Å². The number of carbonyl (C=O) groups excluding carboxylic acids is 3. The number of ether oxygens (including phenoxy) is 1. The summed E-state index contributed by atoms with van der Waals surface area (Å²) in [6.07, 6.45) is 4.33. The molecule has 1 saturated heterocycles. The van der Waals surface area contributed by atoms with Crippen LogP contribution in [-0.2, 0) is 18.9 Å². The molecule has 10 nitrogen and oxygen atoms in total. The summed E-state index contributed by atoms with van der Waals surface area (Å²) < 4.78 is 32.2. The van der Waals surface area contributed by atoms with Gasteiger partial charge in [0.25, 0.3) is 5.91 Å². The Hall–Kier alpha value is -2.82. The summed E-state index contributed by atoms with van der Waals surface area (Å²) in [5.41, 5.74) is 4.53. The number of hydrogen-bond acceptors (Lipinski definition) is 9. The number of rotatable bonds is 13. The third-order valence-electron chi connectivity index (χ3n) is 7.17. The molecule has 3 N–H and O–H groups in total. The summed E-state index contributed by atoms with van der Waals surface area (Å²) in [6.45, 7) is 7.50. The van der Waals surface area contributed by atoms with Crippen molar-refractivity contribution >= 4 is 49.0 Å². The molecule has 0 radical (unpaired) electrons. The number of nitrogens with two attached hydrogens (primary N) is 1. The van der Waals surface area contributed by atoms with Gasteiger partial charge >= 0.3 is 13.7 Å². The topological polar surface area (TPSA) is 137 Å². The van der Waals surface area contributed by atoms with E-state index in [0.29, 0.717) is 50.1 Å². The van der Waals surface area contributed by atoms with E-state index < -0.39 is 48.8 Å². The fourth-order valence-corrected chi connectivity index (χ4v) is 7.69. The normalized spacial score (nSPS) is 16.9. The fourth-order valence-electron chi connectivity index (χ4n) is 4.89. The van der Waals surface area contributed by atoms with E-state index in [0.717, 1.165) is 9.79 Å². The molecule has 242 valence electrons. The van der Waals surface area contributed by atoms with Crippen LogP contribution in [0.4, 0.5) is 4.79 Å². The first kappa shape index (κ1) is 35.7. The van der Waals surface area contributed by atoms with Crippen LogP contribution in [0.25, 0.3) is 0 Å². The van der Waals surface area contributed by atoms with Gasteiger partial charge in [-0.1, -0.05) is 34.1 Å². The number of thioether (sulfide) groups is 2. The van der Waals surface area contributed by atoms with Crippen molar-refractivity contribution in [3.63, 3.8) is 0 Å². The molecule has 13 heteroatoms. The molecule has 2 aromatic carbocycles. The highest BCUT2D eigenvalue weighted by molar-refractivity contribution is 7.98. The predicted molar refractivity (Wildman–Crippen MR) is 175 cm³/mol. The van der Waals surface area contributed by atoms with E-state index in [2.05, 4.69) is 5.32 Å². The second kappa shape index (κ2) is 16.0. The summed E-state index contributed by atoms with van der Waals surface area (Å²) >= 11 is 3.14. The number of amides is 3. The lowest BCUT2D eigenvalue weighted by molar-refractivity contribution is -0.153. The van der Waals surface area contributed by atoms with Gasteiger partial charge in [-0.2, -0.15) is 0 Å². The minimum atomic E-state index is -4.08. The Morgan fingerprint density at radius 3 is 1.93 bits per heavy atom. The van der Waals surface area contributed by atoms with Gasteiger partial charge in [0.15, 0.2) is 11.9 Å². The molecule has 44 heavy (non-hydrogen) atoms. The first-order valence-corrected chi connectivity index (χ1v) is 18.7. The largest absolute Gasteiger partial charge is 0.452 e. The Bertz CT molecular complexity index is 1270. The van der Waals surface area contributed by atoms with E-state index in [1.54, 1.807) is 68.6 Å². The zero-order valence-electron chi connectivity index (χ0n) is 26.2.